The van der Waals surface area contributed by atoms with Gasteiger partial charge in [0.2, 0.25) is 5.91 Å². The summed E-state index contributed by atoms with van der Waals surface area (Å²) < 4.78 is 1.17. The summed E-state index contributed by atoms with van der Waals surface area (Å²) in [7, 11) is 0. The predicted octanol–water partition coefficient (Wildman–Crippen LogP) is 5.48. The van der Waals surface area contributed by atoms with Crippen LogP contribution in [0.5, 0.6) is 0 Å². The summed E-state index contributed by atoms with van der Waals surface area (Å²) in [5.41, 5.74) is 1.97. The molecule has 0 spiro atoms. The Balaban J connectivity index is 1.63. The fraction of sp³-hybridized carbons (Fsp3) is 0.105. The Morgan fingerprint density at radius 1 is 1.04 bits per heavy atom. The van der Waals surface area contributed by atoms with Gasteiger partial charge in [0.15, 0.2) is 0 Å². The molecule has 0 bridgehead atoms. The van der Waals surface area contributed by atoms with Crippen LogP contribution in [-0.2, 0) is 4.79 Å². The molecule has 23 heavy (non-hydrogen) atoms. The number of nitrogens with one attached hydrogen (secondary N) is 1. The monoisotopic (exact) mass is 433 g/mol. The Labute approximate surface area is 153 Å². The van der Waals surface area contributed by atoms with Gasteiger partial charge < -0.3 is 5.32 Å². The molecule has 0 aromatic heterocycles. The second kappa shape index (κ2) is 7.36. The molecule has 0 saturated carbocycles. The number of amides is 1. The SMILES string of the molecule is Cc1cc(I)ccc1NC(=O)CSc1ccc2ccccc2c1. The van der Waals surface area contributed by atoms with Crippen molar-refractivity contribution in [2.24, 2.45) is 0 Å². The number of anilines is 1. The van der Waals surface area contributed by atoms with E-state index in [2.05, 4.69) is 64.3 Å². The molecule has 4 heteroatoms. The molecule has 3 rings (SSSR count). The van der Waals surface area contributed by atoms with Gasteiger partial charge in [0, 0.05) is 14.2 Å². The Kier molecular flexibility index (Phi) is 5.23. The fourth-order valence-electron chi connectivity index (χ4n) is 2.36. The molecule has 0 atom stereocenters. The number of hydrogen-bond donors (Lipinski definition) is 1. The summed E-state index contributed by atoms with van der Waals surface area (Å²) in [6, 6.07) is 20.6. The van der Waals surface area contributed by atoms with E-state index < -0.39 is 0 Å². The van der Waals surface area contributed by atoms with Crippen LogP contribution < -0.4 is 5.32 Å². The van der Waals surface area contributed by atoms with Crippen molar-refractivity contribution in [3.05, 3.63) is 69.8 Å². The van der Waals surface area contributed by atoms with Crippen molar-refractivity contribution in [3.63, 3.8) is 0 Å². The van der Waals surface area contributed by atoms with Gasteiger partial charge in [-0.1, -0.05) is 30.3 Å². The van der Waals surface area contributed by atoms with E-state index >= 15 is 0 Å². The number of halogens is 1. The Bertz CT molecular complexity index is 863. The lowest BCUT2D eigenvalue weighted by Crippen LogP contribution is -2.14. The van der Waals surface area contributed by atoms with Crippen LogP contribution in [0.15, 0.2) is 65.6 Å². The molecular formula is C19H16INOS. The van der Waals surface area contributed by atoms with E-state index in [-0.39, 0.29) is 5.91 Å². The maximum Gasteiger partial charge on any atom is 0.234 e. The van der Waals surface area contributed by atoms with E-state index in [9.17, 15) is 4.79 Å². The highest BCUT2D eigenvalue weighted by Crippen LogP contribution is 2.24. The first-order valence-electron chi connectivity index (χ1n) is 7.29. The molecule has 0 heterocycles. The first kappa shape index (κ1) is 16.3. The van der Waals surface area contributed by atoms with E-state index in [4.69, 9.17) is 0 Å². The highest BCUT2D eigenvalue weighted by Gasteiger charge is 2.06. The number of rotatable bonds is 4. The van der Waals surface area contributed by atoms with E-state index in [1.54, 1.807) is 11.8 Å². The third-order valence-corrected chi connectivity index (χ3v) is 5.22. The molecule has 1 amide bonds. The molecule has 116 valence electrons. The second-order valence-electron chi connectivity index (χ2n) is 5.31. The molecule has 0 unspecified atom stereocenters. The third-order valence-electron chi connectivity index (χ3n) is 3.55. The molecule has 3 aromatic rings. The zero-order chi connectivity index (χ0) is 16.2. The smallest absolute Gasteiger partial charge is 0.234 e. The van der Waals surface area contributed by atoms with Crippen LogP contribution in [0.25, 0.3) is 10.8 Å². The molecule has 0 saturated heterocycles. The number of carbonyl (C=O) groups excluding carboxylic acids is 1. The van der Waals surface area contributed by atoms with E-state index in [0.717, 1.165) is 16.1 Å². The summed E-state index contributed by atoms with van der Waals surface area (Å²) in [4.78, 5) is 13.3. The molecular weight excluding hydrogens is 417 g/mol. The molecule has 0 aliphatic heterocycles. The first-order chi connectivity index (χ1) is 11.1. The summed E-state index contributed by atoms with van der Waals surface area (Å²) >= 11 is 3.83. The molecule has 1 N–H and O–H groups in total. The number of fused-ring (bicyclic) bond motifs is 1. The summed E-state index contributed by atoms with van der Waals surface area (Å²) in [5, 5.41) is 5.40. The van der Waals surface area contributed by atoms with Crippen LogP contribution in [-0.4, -0.2) is 11.7 Å². The second-order valence-corrected chi connectivity index (χ2v) is 7.60. The molecule has 0 radical (unpaired) electrons. The Morgan fingerprint density at radius 2 is 1.83 bits per heavy atom. The highest BCUT2D eigenvalue weighted by molar-refractivity contribution is 14.1. The lowest BCUT2D eigenvalue weighted by atomic mass is 10.1. The average molecular weight is 433 g/mol. The van der Waals surface area contributed by atoms with Crippen molar-refractivity contribution in [2.75, 3.05) is 11.1 Å². The lowest BCUT2D eigenvalue weighted by Gasteiger charge is -2.09. The number of carbonyl (C=O) groups is 1. The normalized spacial score (nSPS) is 10.7. The molecule has 0 aliphatic rings. The van der Waals surface area contributed by atoms with Crippen molar-refractivity contribution in [2.45, 2.75) is 11.8 Å². The maximum absolute atomic E-state index is 12.2. The molecule has 2 nitrogen and oxygen atoms in total. The van der Waals surface area contributed by atoms with Crippen molar-refractivity contribution in [3.8, 4) is 0 Å². The third kappa shape index (κ3) is 4.26. The van der Waals surface area contributed by atoms with Crippen LogP contribution >= 0.6 is 34.4 Å². The van der Waals surface area contributed by atoms with Crippen LogP contribution in [0.1, 0.15) is 5.56 Å². The number of hydrogen-bond acceptors (Lipinski definition) is 2. The zero-order valence-corrected chi connectivity index (χ0v) is 15.6. The Morgan fingerprint density at radius 3 is 2.61 bits per heavy atom. The standard InChI is InChI=1S/C19H16INOS/c1-13-10-16(20)7-9-18(13)21-19(22)12-23-17-8-6-14-4-2-3-5-15(14)11-17/h2-11H,12H2,1H3,(H,21,22). The van der Waals surface area contributed by atoms with Crippen molar-refractivity contribution >= 4 is 56.7 Å². The van der Waals surface area contributed by atoms with Crippen LogP contribution in [0, 0.1) is 10.5 Å². The maximum atomic E-state index is 12.2. The minimum absolute atomic E-state index is 0.0208. The predicted molar refractivity (Wildman–Crippen MR) is 107 cm³/mol. The van der Waals surface area contributed by atoms with Gasteiger partial charge in [-0.3, -0.25) is 4.79 Å². The summed E-state index contributed by atoms with van der Waals surface area (Å²) in [6.07, 6.45) is 0. The first-order valence-corrected chi connectivity index (χ1v) is 9.36. The summed E-state index contributed by atoms with van der Waals surface area (Å²) in [6.45, 7) is 2.01. The summed E-state index contributed by atoms with van der Waals surface area (Å²) in [5.74, 6) is 0.427. The van der Waals surface area contributed by atoms with E-state index in [0.29, 0.717) is 5.75 Å². The number of aryl methyl sites for hydroxylation is 1. The topological polar surface area (TPSA) is 29.1 Å². The average Bonchev–Trinajstić information content (AvgIpc) is 2.55. The number of thioether (sulfide) groups is 1. The van der Waals surface area contributed by atoms with Gasteiger partial charge >= 0.3 is 0 Å². The fourth-order valence-corrected chi connectivity index (χ4v) is 3.75. The van der Waals surface area contributed by atoms with E-state index in [1.807, 2.05) is 31.2 Å². The van der Waals surface area contributed by atoms with Gasteiger partial charge in [0.25, 0.3) is 0 Å². The largest absolute Gasteiger partial charge is 0.325 e. The van der Waals surface area contributed by atoms with Gasteiger partial charge in [-0.05, 0) is 76.2 Å². The molecule has 0 fully saturated rings. The van der Waals surface area contributed by atoms with Gasteiger partial charge in [-0.15, -0.1) is 11.8 Å². The van der Waals surface area contributed by atoms with Crippen molar-refractivity contribution in [1.82, 2.24) is 0 Å². The van der Waals surface area contributed by atoms with Gasteiger partial charge in [0.05, 0.1) is 5.75 Å². The van der Waals surface area contributed by atoms with Crippen LogP contribution in [0.3, 0.4) is 0 Å². The molecule has 0 aliphatic carbocycles. The Hall–Kier alpha value is -1.53. The van der Waals surface area contributed by atoms with Gasteiger partial charge in [0.1, 0.15) is 0 Å². The van der Waals surface area contributed by atoms with Gasteiger partial charge in [-0.2, -0.15) is 0 Å². The minimum Gasteiger partial charge on any atom is -0.325 e. The minimum atomic E-state index is 0.0208. The highest BCUT2D eigenvalue weighted by atomic mass is 127. The van der Waals surface area contributed by atoms with E-state index in [1.165, 1.54) is 14.3 Å². The van der Waals surface area contributed by atoms with Crippen molar-refractivity contribution in [1.29, 1.82) is 0 Å². The lowest BCUT2D eigenvalue weighted by molar-refractivity contribution is -0.113. The number of benzene rings is 3. The molecule has 3 aromatic carbocycles. The van der Waals surface area contributed by atoms with Gasteiger partial charge in [-0.25, -0.2) is 0 Å². The quantitative estimate of drug-likeness (QED) is 0.436. The van der Waals surface area contributed by atoms with Crippen LogP contribution in [0.2, 0.25) is 0 Å². The zero-order valence-electron chi connectivity index (χ0n) is 12.7. The van der Waals surface area contributed by atoms with Crippen molar-refractivity contribution < 1.29 is 4.79 Å². The van der Waals surface area contributed by atoms with Crippen LogP contribution in [0.4, 0.5) is 5.69 Å².